The van der Waals surface area contributed by atoms with Crippen molar-refractivity contribution >= 4 is 33.0 Å². The van der Waals surface area contributed by atoms with Crippen LogP contribution in [0.1, 0.15) is 18.4 Å². The summed E-state index contributed by atoms with van der Waals surface area (Å²) in [6, 6.07) is 9.05. The van der Waals surface area contributed by atoms with Crippen LogP contribution in [0.4, 0.5) is 4.39 Å². The highest BCUT2D eigenvalue weighted by Gasteiger charge is 2.38. The monoisotopic (exact) mass is 345 g/mol. The Kier molecular flexibility index (Phi) is 4.05. The Balaban J connectivity index is 1.89. The largest absolute Gasteiger partial charge is 0.253 e. The predicted octanol–water partition coefficient (Wildman–Crippen LogP) is 3.89. The van der Waals surface area contributed by atoms with Crippen LogP contribution in [0.15, 0.2) is 40.6 Å². The van der Waals surface area contributed by atoms with Crippen molar-refractivity contribution in [2.75, 3.05) is 0 Å². The van der Waals surface area contributed by atoms with Gasteiger partial charge in [0.2, 0.25) is 0 Å². The summed E-state index contributed by atoms with van der Waals surface area (Å²) in [6.07, 6.45) is 1.72. The van der Waals surface area contributed by atoms with Gasteiger partial charge in [0.25, 0.3) is 10.0 Å². The Labute approximate surface area is 132 Å². The predicted molar refractivity (Wildman–Crippen MR) is 81.5 cm³/mol. The molecule has 21 heavy (non-hydrogen) atoms. The summed E-state index contributed by atoms with van der Waals surface area (Å²) in [6.45, 7) is 0.253. The van der Waals surface area contributed by atoms with Crippen LogP contribution in [0.3, 0.4) is 0 Å². The van der Waals surface area contributed by atoms with Gasteiger partial charge < -0.3 is 0 Å². The van der Waals surface area contributed by atoms with Crippen molar-refractivity contribution in [3.63, 3.8) is 0 Å². The molecular weight excluding hydrogens is 333 g/mol. The van der Waals surface area contributed by atoms with Crippen LogP contribution in [-0.4, -0.2) is 18.8 Å². The first-order valence-corrected chi connectivity index (χ1v) is 9.12. The Morgan fingerprint density at radius 1 is 1.19 bits per heavy atom. The number of hydrogen-bond donors (Lipinski definition) is 0. The number of thiophene rings is 1. The summed E-state index contributed by atoms with van der Waals surface area (Å²) in [5.41, 5.74) is 0.773. The third-order valence-corrected chi connectivity index (χ3v) is 6.91. The van der Waals surface area contributed by atoms with E-state index >= 15 is 0 Å². The van der Waals surface area contributed by atoms with Crippen molar-refractivity contribution in [1.29, 1.82) is 0 Å². The second-order valence-electron chi connectivity index (χ2n) is 4.97. The summed E-state index contributed by atoms with van der Waals surface area (Å²) in [4.78, 5) is 0. The third kappa shape index (κ3) is 3.29. The summed E-state index contributed by atoms with van der Waals surface area (Å²) >= 11 is 6.89. The van der Waals surface area contributed by atoms with E-state index in [9.17, 15) is 12.8 Å². The smallest absolute Gasteiger partial charge is 0.207 e. The molecule has 1 aromatic heterocycles. The van der Waals surface area contributed by atoms with Gasteiger partial charge in [0.1, 0.15) is 10.0 Å². The van der Waals surface area contributed by atoms with Crippen LogP contribution in [-0.2, 0) is 16.6 Å². The molecule has 0 N–H and O–H groups in total. The lowest BCUT2D eigenvalue weighted by Crippen LogP contribution is -2.32. The quantitative estimate of drug-likeness (QED) is 0.824. The maximum Gasteiger partial charge on any atom is 0.253 e. The Bertz CT molecular complexity index is 739. The summed E-state index contributed by atoms with van der Waals surface area (Å²) in [5, 5.41) is 0. The lowest BCUT2D eigenvalue weighted by molar-refractivity contribution is 0.399. The van der Waals surface area contributed by atoms with E-state index < -0.39 is 10.0 Å². The van der Waals surface area contributed by atoms with Gasteiger partial charge in [0.05, 0.1) is 4.34 Å². The number of sulfonamides is 1. The molecule has 0 unspecified atom stereocenters. The van der Waals surface area contributed by atoms with Crippen LogP contribution in [0.2, 0.25) is 4.34 Å². The normalized spacial score (nSPS) is 15.6. The molecule has 3 rings (SSSR count). The van der Waals surface area contributed by atoms with Gasteiger partial charge in [-0.15, -0.1) is 11.3 Å². The Hall–Kier alpha value is -0.950. The van der Waals surface area contributed by atoms with Crippen molar-refractivity contribution in [1.82, 2.24) is 4.31 Å². The second-order valence-corrected chi connectivity index (χ2v) is 8.80. The fourth-order valence-corrected chi connectivity index (χ4v) is 5.38. The number of rotatable bonds is 5. The molecule has 112 valence electrons. The van der Waals surface area contributed by atoms with Gasteiger partial charge in [0, 0.05) is 12.6 Å². The maximum absolute atomic E-state index is 13.0. The topological polar surface area (TPSA) is 37.4 Å². The van der Waals surface area contributed by atoms with Crippen molar-refractivity contribution in [3.05, 3.63) is 52.1 Å². The Morgan fingerprint density at radius 3 is 2.38 bits per heavy atom. The van der Waals surface area contributed by atoms with Crippen molar-refractivity contribution in [2.24, 2.45) is 0 Å². The number of halogens is 2. The molecule has 0 radical (unpaired) electrons. The molecule has 3 nitrogen and oxygen atoms in total. The lowest BCUT2D eigenvalue weighted by atomic mass is 10.2. The van der Waals surface area contributed by atoms with Gasteiger partial charge >= 0.3 is 0 Å². The van der Waals surface area contributed by atoms with E-state index in [0.717, 1.165) is 29.7 Å². The number of hydrogen-bond acceptors (Lipinski definition) is 3. The van der Waals surface area contributed by atoms with Crippen LogP contribution in [0.25, 0.3) is 0 Å². The molecule has 0 spiro atoms. The van der Waals surface area contributed by atoms with E-state index in [0.29, 0.717) is 4.34 Å². The van der Waals surface area contributed by atoms with E-state index in [2.05, 4.69) is 0 Å². The summed E-state index contributed by atoms with van der Waals surface area (Å²) in [5.74, 6) is -0.329. The fraction of sp³-hybridized carbons (Fsp3) is 0.286. The molecule has 7 heteroatoms. The lowest BCUT2D eigenvalue weighted by Gasteiger charge is -2.21. The summed E-state index contributed by atoms with van der Waals surface area (Å²) in [7, 11) is -3.55. The van der Waals surface area contributed by atoms with Gasteiger partial charge in [-0.25, -0.2) is 12.8 Å². The minimum absolute atomic E-state index is 0.0286. The fourth-order valence-electron chi connectivity index (χ4n) is 2.09. The maximum atomic E-state index is 13.0. The molecule has 0 saturated heterocycles. The molecule has 0 bridgehead atoms. The first kappa shape index (κ1) is 15.0. The van der Waals surface area contributed by atoms with E-state index in [1.165, 1.54) is 22.5 Å². The van der Waals surface area contributed by atoms with E-state index in [-0.39, 0.29) is 22.6 Å². The van der Waals surface area contributed by atoms with E-state index in [1.54, 1.807) is 18.2 Å². The van der Waals surface area contributed by atoms with Gasteiger partial charge in [-0.3, -0.25) is 0 Å². The molecule has 0 aliphatic heterocycles. The minimum atomic E-state index is -3.55. The van der Waals surface area contributed by atoms with Crippen LogP contribution in [0, 0.1) is 5.82 Å². The molecule has 1 fully saturated rings. The third-order valence-electron chi connectivity index (χ3n) is 3.32. The van der Waals surface area contributed by atoms with Gasteiger partial charge in [-0.1, -0.05) is 23.7 Å². The van der Waals surface area contributed by atoms with Crippen LogP contribution in [0.5, 0.6) is 0 Å². The molecule has 1 heterocycles. The Morgan fingerprint density at radius 2 is 1.86 bits per heavy atom. The minimum Gasteiger partial charge on any atom is -0.207 e. The zero-order chi connectivity index (χ0) is 15.0. The molecule has 1 aliphatic rings. The molecule has 0 atom stereocenters. The zero-order valence-corrected chi connectivity index (χ0v) is 13.4. The zero-order valence-electron chi connectivity index (χ0n) is 11.0. The molecule has 1 aromatic carbocycles. The first-order valence-electron chi connectivity index (χ1n) is 6.48. The highest BCUT2D eigenvalue weighted by Crippen LogP contribution is 2.36. The van der Waals surface area contributed by atoms with E-state index in [4.69, 9.17) is 11.6 Å². The van der Waals surface area contributed by atoms with Crippen molar-refractivity contribution in [3.8, 4) is 0 Å². The first-order chi connectivity index (χ1) is 9.96. The molecule has 1 saturated carbocycles. The number of benzene rings is 1. The van der Waals surface area contributed by atoms with Crippen LogP contribution < -0.4 is 0 Å². The molecular formula is C14H13ClFNO2S2. The van der Waals surface area contributed by atoms with Gasteiger partial charge in [-0.2, -0.15) is 4.31 Å². The summed E-state index contributed by atoms with van der Waals surface area (Å²) < 4.78 is 40.5. The molecule has 1 aliphatic carbocycles. The highest BCUT2D eigenvalue weighted by atomic mass is 35.5. The number of nitrogens with zero attached hydrogens (tertiary/aromatic N) is 1. The average Bonchev–Trinajstić information content (AvgIpc) is 3.18. The van der Waals surface area contributed by atoms with Crippen molar-refractivity contribution < 1.29 is 12.8 Å². The molecule has 2 aromatic rings. The molecule has 0 amide bonds. The second kappa shape index (κ2) is 5.68. The standard InChI is InChI=1S/C14H13ClFNO2S2/c15-13-7-8-14(20-13)21(18,19)17(12-5-6-12)9-10-1-3-11(16)4-2-10/h1-4,7-8,12H,5-6,9H2. The van der Waals surface area contributed by atoms with E-state index in [1.807, 2.05) is 0 Å². The van der Waals surface area contributed by atoms with Crippen molar-refractivity contribution in [2.45, 2.75) is 29.6 Å². The van der Waals surface area contributed by atoms with Gasteiger partial charge in [-0.05, 0) is 42.7 Å². The SMILES string of the molecule is O=S(=O)(c1ccc(Cl)s1)N(Cc1ccc(F)cc1)C1CC1. The highest BCUT2D eigenvalue weighted by molar-refractivity contribution is 7.91. The van der Waals surface area contributed by atoms with Gasteiger partial charge in [0.15, 0.2) is 0 Å². The average molecular weight is 346 g/mol. The van der Waals surface area contributed by atoms with Crippen LogP contribution >= 0.6 is 22.9 Å².